The van der Waals surface area contributed by atoms with Gasteiger partial charge in [0, 0.05) is 35.8 Å². The number of aliphatic hydroxyl groups is 1. The van der Waals surface area contributed by atoms with E-state index in [-0.39, 0.29) is 41.2 Å². The summed E-state index contributed by atoms with van der Waals surface area (Å²) in [5.74, 6) is 0.647. The predicted octanol–water partition coefficient (Wildman–Crippen LogP) is 6.46. The van der Waals surface area contributed by atoms with Gasteiger partial charge in [0.2, 0.25) is 5.91 Å². The molecule has 0 radical (unpaired) electrons. The summed E-state index contributed by atoms with van der Waals surface area (Å²) in [6, 6.07) is 23.3. The molecule has 2 saturated heterocycles. The molecule has 0 unspecified atom stereocenters. The monoisotopic (exact) mass is 675 g/mol. The lowest BCUT2D eigenvalue weighted by Crippen LogP contribution is -2.61. The summed E-state index contributed by atoms with van der Waals surface area (Å²) in [6.45, 7) is 6.62. The molecule has 3 aromatic carbocycles. The summed E-state index contributed by atoms with van der Waals surface area (Å²) in [5.41, 5.74) is 2.57. The van der Waals surface area contributed by atoms with Crippen LogP contribution in [0.3, 0.4) is 0 Å². The number of carbonyl (C=O) groups excluding carboxylic acids is 1. The number of piperidine rings is 1. The number of likely N-dealkylation sites (tertiary alicyclic amines) is 1. The van der Waals surface area contributed by atoms with Gasteiger partial charge >= 0.3 is 0 Å². The standard InChI is InChI=1S/C38H49N3O6S/c1-38(2,3)39-36(43)34-21-20-27-10-7-8-15-33(27)41(34)24-31-23-35(28-18-16-26(25-42)17-19-28)47-37(46-31)29-11-9-12-30(22-29)40-48(44,45)32-13-5-4-6-14-32/h4-6,9,11-14,16-19,22,27,31,33-35,37,40,42H,7-8,10,15,20-21,23-25H2,1-3H3,(H,39,43)/t27-,31+,33-,34-,35-,37-/m1/s1. The average Bonchev–Trinajstić information content (AvgIpc) is 3.08. The second kappa shape index (κ2) is 14.7. The Balaban J connectivity index is 1.29. The molecule has 3 aliphatic rings. The van der Waals surface area contributed by atoms with E-state index in [1.807, 2.05) is 51.1 Å². The molecule has 0 bridgehead atoms. The van der Waals surface area contributed by atoms with Crippen LogP contribution in [0, 0.1) is 5.92 Å². The van der Waals surface area contributed by atoms with E-state index in [0.717, 1.165) is 36.8 Å². The largest absolute Gasteiger partial charge is 0.392 e. The van der Waals surface area contributed by atoms with Gasteiger partial charge in [0.15, 0.2) is 6.29 Å². The summed E-state index contributed by atoms with van der Waals surface area (Å²) in [6.07, 6.45) is 5.83. The summed E-state index contributed by atoms with van der Waals surface area (Å²) in [4.78, 5) is 16.3. The normalized spacial score (nSPS) is 26.8. The van der Waals surface area contributed by atoms with Gasteiger partial charge < -0.3 is 19.9 Å². The van der Waals surface area contributed by atoms with Gasteiger partial charge in [0.1, 0.15) is 0 Å². The molecule has 10 heteroatoms. The Kier molecular flexibility index (Phi) is 10.6. The number of nitrogens with zero attached hydrogens (tertiary/aromatic N) is 1. The van der Waals surface area contributed by atoms with Crippen molar-refractivity contribution >= 4 is 21.6 Å². The number of sulfonamides is 1. The topological polar surface area (TPSA) is 117 Å². The van der Waals surface area contributed by atoms with Crippen molar-refractivity contribution in [2.24, 2.45) is 5.92 Å². The molecule has 1 saturated carbocycles. The fraction of sp³-hybridized carbons (Fsp3) is 0.500. The van der Waals surface area contributed by atoms with E-state index in [1.165, 1.54) is 12.8 Å². The number of hydrogen-bond donors (Lipinski definition) is 3. The van der Waals surface area contributed by atoms with Crippen molar-refractivity contribution in [3.8, 4) is 0 Å². The molecule has 1 amide bonds. The third-order valence-electron chi connectivity index (χ3n) is 9.80. The molecule has 1 aliphatic carbocycles. The summed E-state index contributed by atoms with van der Waals surface area (Å²) in [5, 5.41) is 12.9. The Bertz CT molecular complexity index is 1640. The molecule has 6 rings (SSSR count). The Morgan fingerprint density at radius 3 is 2.38 bits per heavy atom. The maximum Gasteiger partial charge on any atom is 0.261 e. The maximum atomic E-state index is 13.7. The molecule has 2 aliphatic heterocycles. The van der Waals surface area contributed by atoms with Gasteiger partial charge in [-0.3, -0.25) is 14.4 Å². The Morgan fingerprint density at radius 2 is 1.65 bits per heavy atom. The van der Waals surface area contributed by atoms with Crippen molar-refractivity contribution in [1.82, 2.24) is 10.2 Å². The number of fused-ring (bicyclic) bond motifs is 1. The summed E-state index contributed by atoms with van der Waals surface area (Å²) in [7, 11) is -3.79. The first-order valence-electron chi connectivity index (χ1n) is 17.3. The van der Waals surface area contributed by atoms with E-state index >= 15 is 0 Å². The molecule has 258 valence electrons. The summed E-state index contributed by atoms with van der Waals surface area (Å²) < 4.78 is 42.3. The minimum Gasteiger partial charge on any atom is -0.392 e. The highest BCUT2D eigenvalue weighted by Gasteiger charge is 2.44. The molecule has 2 heterocycles. The first-order chi connectivity index (χ1) is 23.0. The van der Waals surface area contributed by atoms with Crippen LogP contribution in [0.25, 0.3) is 0 Å². The second-order valence-corrected chi connectivity index (χ2v) is 16.2. The number of hydrogen-bond acceptors (Lipinski definition) is 7. The molecular formula is C38H49N3O6S. The van der Waals surface area contributed by atoms with E-state index in [1.54, 1.807) is 48.5 Å². The fourth-order valence-electron chi connectivity index (χ4n) is 7.56. The van der Waals surface area contributed by atoms with Crippen molar-refractivity contribution in [1.29, 1.82) is 0 Å². The molecule has 3 fully saturated rings. The molecule has 0 spiro atoms. The minimum absolute atomic E-state index is 0.0403. The van der Waals surface area contributed by atoms with Crippen molar-refractivity contribution in [3.63, 3.8) is 0 Å². The highest BCUT2D eigenvalue weighted by Crippen LogP contribution is 2.42. The molecule has 9 nitrogen and oxygen atoms in total. The maximum absolute atomic E-state index is 13.7. The molecular weight excluding hydrogens is 627 g/mol. The first-order valence-corrected chi connectivity index (χ1v) is 18.7. The van der Waals surface area contributed by atoms with E-state index < -0.39 is 16.3 Å². The number of nitrogens with one attached hydrogen (secondary N) is 2. The van der Waals surface area contributed by atoms with Crippen LogP contribution in [0.15, 0.2) is 83.8 Å². The van der Waals surface area contributed by atoms with Crippen LogP contribution in [0.4, 0.5) is 5.69 Å². The number of rotatable bonds is 9. The van der Waals surface area contributed by atoms with E-state index in [9.17, 15) is 18.3 Å². The zero-order chi connectivity index (χ0) is 33.9. The number of ether oxygens (including phenoxy) is 2. The van der Waals surface area contributed by atoms with Crippen LogP contribution >= 0.6 is 0 Å². The van der Waals surface area contributed by atoms with Crippen molar-refractivity contribution < 1.29 is 27.8 Å². The highest BCUT2D eigenvalue weighted by atomic mass is 32.2. The Morgan fingerprint density at radius 1 is 0.896 bits per heavy atom. The molecule has 0 aromatic heterocycles. The number of amides is 1. The molecule has 3 aromatic rings. The van der Waals surface area contributed by atoms with Gasteiger partial charge in [-0.25, -0.2) is 8.42 Å². The Hall–Kier alpha value is -3.28. The lowest BCUT2D eigenvalue weighted by atomic mass is 9.75. The van der Waals surface area contributed by atoms with Gasteiger partial charge in [0.05, 0.1) is 29.8 Å². The van der Waals surface area contributed by atoms with E-state index in [0.29, 0.717) is 36.2 Å². The Labute approximate surface area is 285 Å². The predicted molar refractivity (Wildman–Crippen MR) is 185 cm³/mol. The smallest absolute Gasteiger partial charge is 0.261 e. The summed E-state index contributed by atoms with van der Waals surface area (Å²) >= 11 is 0. The van der Waals surface area contributed by atoms with Crippen LogP contribution in [0.5, 0.6) is 0 Å². The zero-order valence-corrected chi connectivity index (χ0v) is 29.0. The van der Waals surface area contributed by atoms with Crippen LogP contribution in [-0.4, -0.2) is 54.6 Å². The molecule has 48 heavy (non-hydrogen) atoms. The quantitative estimate of drug-likeness (QED) is 0.238. The SMILES string of the molecule is CC(C)(C)NC(=O)[C@H]1CC[C@H]2CCCC[C@H]2N1C[C@@H]1C[C@H](c2ccc(CO)cc2)O[C@H](c2cccc(NS(=O)(=O)c3ccccc3)c2)O1. The average molecular weight is 676 g/mol. The number of benzene rings is 3. The second-order valence-electron chi connectivity index (χ2n) is 14.5. The fourth-order valence-corrected chi connectivity index (χ4v) is 8.63. The van der Waals surface area contributed by atoms with Crippen LogP contribution in [0.1, 0.15) is 94.8 Å². The third-order valence-corrected chi connectivity index (χ3v) is 11.2. The van der Waals surface area contributed by atoms with Crippen molar-refractivity contribution in [2.45, 2.75) is 113 Å². The molecule has 6 atom stereocenters. The lowest BCUT2D eigenvalue weighted by molar-refractivity contribution is -0.255. The van der Waals surface area contributed by atoms with Crippen LogP contribution in [-0.2, 0) is 30.9 Å². The van der Waals surface area contributed by atoms with Gasteiger partial charge in [0.25, 0.3) is 10.0 Å². The van der Waals surface area contributed by atoms with Gasteiger partial charge in [-0.05, 0) is 87.8 Å². The highest BCUT2D eigenvalue weighted by molar-refractivity contribution is 7.92. The van der Waals surface area contributed by atoms with Crippen molar-refractivity contribution in [3.05, 3.63) is 95.6 Å². The van der Waals surface area contributed by atoms with Crippen LogP contribution < -0.4 is 10.0 Å². The van der Waals surface area contributed by atoms with E-state index in [2.05, 4.69) is 14.9 Å². The lowest BCUT2D eigenvalue weighted by Gasteiger charge is -2.50. The number of carbonyl (C=O) groups is 1. The zero-order valence-electron chi connectivity index (χ0n) is 28.2. The third kappa shape index (κ3) is 8.29. The van der Waals surface area contributed by atoms with Crippen molar-refractivity contribution in [2.75, 3.05) is 11.3 Å². The van der Waals surface area contributed by atoms with E-state index in [4.69, 9.17) is 9.47 Å². The number of aliphatic hydroxyl groups excluding tert-OH is 1. The van der Waals surface area contributed by atoms with Gasteiger partial charge in [-0.15, -0.1) is 0 Å². The van der Waals surface area contributed by atoms with Gasteiger partial charge in [-0.1, -0.05) is 67.4 Å². The number of anilines is 1. The van der Waals surface area contributed by atoms with Crippen LogP contribution in [0.2, 0.25) is 0 Å². The first kappa shape index (κ1) is 34.6. The molecule has 3 N–H and O–H groups in total. The minimum atomic E-state index is -3.79. The van der Waals surface area contributed by atoms with Gasteiger partial charge in [-0.2, -0.15) is 0 Å².